The van der Waals surface area contributed by atoms with Crippen LogP contribution in [0.2, 0.25) is 0 Å². The third kappa shape index (κ3) is 3.41. The molecule has 3 aromatic rings. The van der Waals surface area contributed by atoms with Crippen LogP contribution in [0.5, 0.6) is 0 Å². The number of pyridine rings is 1. The molecule has 3 aromatic heterocycles. The number of thiazole rings is 1. The maximum absolute atomic E-state index is 4.67. The van der Waals surface area contributed by atoms with Gasteiger partial charge >= 0.3 is 0 Å². The molecule has 3 heterocycles. The number of nitrogens with one attached hydrogen (secondary N) is 1. The van der Waals surface area contributed by atoms with Gasteiger partial charge in [0.25, 0.3) is 0 Å². The van der Waals surface area contributed by atoms with Gasteiger partial charge in [0.05, 0.1) is 16.3 Å². The van der Waals surface area contributed by atoms with Crippen LogP contribution in [-0.2, 0) is 7.05 Å². The molecule has 114 valence electrons. The molecule has 0 aromatic carbocycles. The van der Waals surface area contributed by atoms with E-state index in [2.05, 4.69) is 32.4 Å². The molecule has 0 amide bonds. The minimum absolute atomic E-state index is 0. The first-order chi connectivity index (χ1) is 10.2. The second-order valence-electron chi connectivity index (χ2n) is 4.70. The molecule has 0 fully saturated rings. The highest BCUT2D eigenvalue weighted by molar-refractivity contribution is 7.18. The maximum Gasteiger partial charge on any atom is 0.222 e. The van der Waals surface area contributed by atoms with E-state index >= 15 is 0 Å². The fraction of sp³-hybridized carbons (Fsp3) is 0.200. The van der Waals surface area contributed by atoms with Gasteiger partial charge in [-0.3, -0.25) is 0 Å². The van der Waals surface area contributed by atoms with Gasteiger partial charge in [0.2, 0.25) is 5.95 Å². The van der Waals surface area contributed by atoms with Gasteiger partial charge in [-0.25, -0.2) is 19.5 Å². The number of hydrogen-bond donors (Lipinski definition) is 1. The standard InChI is InChI=1S/C15H16N5S.HI/c1-10-13(12-4-7-17-15(16-2)19-12)21-14(18-10)11-5-8-20(3)9-6-11;/h4-9H,1-3H3,(H,16,17,19);1H/q+1;/p-1. The topological polar surface area (TPSA) is 54.6 Å². The van der Waals surface area contributed by atoms with E-state index in [9.17, 15) is 0 Å². The predicted octanol–water partition coefficient (Wildman–Crippen LogP) is -0.554. The van der Waals surface area contributed by atoms with E-state index in [1.54, 1.807) is 17.5 Å². The van der Waals surface area contributed by atoms with Gasteiger partial charge in [-0.05, 0) is 13.0 Å². The number of aryl methyl sites for hydroxylation is 2. The van der Waals surface area contributed by atoms with Crippen LogP contribution in [-0.4, -0.2) is 22.0 Å². The average molecular weight is 425 g/mol. The van der Waals surface area contributed by atoms with Crippen LogP contribution in [0.15, 0.2) is 36.8 Å². The zero-order valence-corrected chi connectivity index (χ0v) is 15.5. The van der Waals surface area contributed by atoms with Crippen molar-refractivity contribution >= 4 is 17.3 Å². The Morgan fingerprint density at radius 2 is 1.86 bits per heavy atom. The predicted molar refractivity (Wildman–Crippen MR) is 84.0 cm³/mol. The summed E-state index contributed by atoms with van der Waals surface area (Å²) in [4.78, 5) is 14.4. The summed E-state index contributed by atoms with van der Waals surface area (Å²) >= 11 is 1.65. The highest BCUT2D eigenvalue weighted by Gasteiger charge is 2.13. The van der Waals surface area contributed by atoms with E-state index < -0.39 is 0 Å². The van der Waals surface area contributed by atoms with Crippen molar-refractivity contribution in [1.82, 2.24) is 15.0 Å². The highest BCUT2D eigenvalue weighted by atomic mass is 127. The van der Waals surface area contributed by atoms with E-state index in [-0.39, 0.29) is 24.0 Å². The normalized spacial score (nSPS) is 10.1. The molecule has 7 heteroatoms. The lowest BCUT2D eigenvalue weighted by Crippen LogP contribution is -3.00. The maximum atomic E-state index is 4.67. The molecule has 0 aliphatic rings. The van der Waals surface area contributed by atoms with Crippen molar-refractivity contribution in [2.75, 3.05) is 12.4 Å². The first kappa shape index (κ1) is 16.8. The summed E-state index contributed by atoms with van der Waals surface area (Å²) < 4.78 is 2.01. The zero-order valence-electron chi connectivity index (χ0n) is 12.5. The quantitative estimate of drug-likeness (QED) is 0.452. The van der Waals surface area contributed by atoms with Crippen LogP contribution in [0.25, 0.3) is 21.1 Å². The largest absolute Gasteiger partial charge is 1.00 e. The smallest absolute Gasteiger partial charge is 0.222 e. The first-order valence-electron chi connectivity index (χ1n) is 6.61. The fourth-order valence-electron chi connectivity index (χ4n) is 2.01. The molecule has 5 nitrogen and oxygen atoms in total. The van der Waals surface area contributed by atoms with Crippen LogP contribution >= 0.6 is 11.3 Å². The van der Waals surface area contributed by atoms with Crippen LogP contribution in [0.1, 0.15) is 5.69 Å². The lowest BCUT2D eigenvalue weighted by molar-refractivity contribution is -0.671. The van der Waals surface area contributed by atoms with Crippen molar-refractivity contribution in [3.8, 4) is 21.1 Å². The van der Waals surface area contributed by atoms with E-state index in [0.717, 1.165) is 26.8 Å². The molecule has 0 unspecified atom stereocenters. The number of nitrogens with zero attached hydrogens (tertiary/aromatic N) is 4. The van der Waals surface area contributed by atoms with Crippen LogP contribution in [0, 0.1) is 6.92 Å². The van der Waals surface area contributed by atoms with Gasteiger partial charge < -0.3 is 29.3 Å². The summed E-state index contributed by atoms with van der Waals surface area (Å²) in [5, 5.41) is 3.97. The number of aromatic nitrogens is 4. The van der Waals surface area contributed by atoms with Gasteiger partial charge in [0.1, 0.15) is 12.1 Å². The van der Waals surface area contributed by atoms with Gasteiger partial charge in [0.15, 0.2) is 12.4 Å². The van der Waals surface area contributed by atoms with Gasteiger partial charge in [-0.2, -0.15) is 0 Å². The molecule has 0 bridgehead atoms. The molecule has 3 rings (SSSR count). The summed E-state index contributed by atoms with van der Waals surface area (Å²) in [5.74, 6) is 0.619. The Kier molecular flexibility index (Phi) is 5.41. The van der Waals surface area contributed by atoms with Crippen molar-refractivity contribution in [2.45, 2.75) is 6.92 Å². The molecule has 0 aliphatic heterocycles. The third-order valence-electron chi connectivity index (χ3n) is 3.13. The SMILES string of the molecule is CNc1nccc(-c2sc(-c3cc[n+](C)cc3)nc2C)n1.[I-]. The molecular weight excluding hydrogens is 409 g/mol. The fourth-order valence-corrected chi connectivity index (χ4v) is 3.05. The summed E-state index contributed by atoms with van der Waals surface area (Å²) in [6.07, 6.45) is 5.81. The summed E-state index contributed by atoms with van der Waals surface area (Å²) in [5.41, 5.74) is 3.01. The average Bonchev–Trinajstić information content (AvgIpc) is 2.90. The molecule has 0 spiro atoms. The Morgan fingerprint density at radius 1 is 1.14 bits per heavy atom. The molecule has 1 N–H and O–H groups in total. The van der Waals surface area contributed by atoms with Crippen molar-refractivity contribution in [2.24, 2.45) is 7.05 Å². The minimum atomic E-state index is 0. The Bertz CT molecular complexity index is 770. The molecule has 22 heavy (non-hydrogen) atoms. The second kappa shape index (κ2) is 7.10. The van der Waals surface area contributed by atoms with E-state index in [1.807, 2.05) is 44.0 Å². The Hall–Kier alpha value is -1.61. The molecule has 0 saturated carbocycles. The lowest BCUT2D eigenvalue weighted by Gasteiger charge is -2.00. The lowest BCUT2D eigenvalue weighted by atomic mass is 10.3. The molecule has 0 saturated heterocycles. The van der Waals surface area contributed by atoms with Crippen LogP contribution < -0.4 is 33.9 Å². The highest BCUT2D eigenvalue weighted by Crippen LogP contribution is 2.33. The molecule has 0 radical (unpaired) electrons. The number of anilines is 1. The second-order valence-corrected chi connectivity index (χ2v) is 5.70. The van der Waals surface area contributed by atoms with Crippen molar-refractivity contribution in [1.29, 1.82) is 0 Å². The number of rotatable bonds is 3. The number of hydrogen-bond acceptors (Lipinski definition) is 5. The van der Waals surface area contributed by atoms with E-state index in [4.69, 9.17) is 0 Å². The third-order valence-corrected chi connectivity index (χ3v) is 4.36. The van der Waals surface area contributed by atoms with Gasteiger partial charge in [-0.15, -0.1) is 11.3 Å². The molecule has 0 aliphatic carbocycles. The summed E-state index contributed by atoms with van der Waals surface area (Å²) in [6, 6.07) is 6.05. The minimum Gasteiger partial charge on any atom is -1.00 e. The monoisotopic (exact) mass is 425 g/mol. The first-order valence-corrected chi connectivity index (χ1v) is 7.43. The van der Waals surface area contributed by atoms with Gasteiger partial charge in [0, 0.05) is 30.9 Å². The van der Waals surface area contributed by atoms with Crippen LogP contribution in [0.4, 0.5) is 5.95 Å². The van der Waals surface area contributed by atoms with Crippen molar-refractivity contribution in [3.05, 3.63) is 42.5 Å². The van der Waals surface area contributed by atoms with Crippen molar-refractivity contribution < 1.29 is 28.5 Å². The molecular formula is C15H16IN5S. The van der Waals surface area contributed by atoms with Gasteiger partial charge in [-0.1, -0.05) is 0 Å². The summed E-state index contributed by atoms with van der Waals surface area (Å²) in [6.45, 7) is 2.01. The Morgan fingerprint density at radius 3 is 2.55 bits per heavy atom. The zero-order chi connectivity index (χ0) is 14.8. The summed E-state index contributed by atoms with van der Waals surface area (Å²) in [7, 11) is 3.82. The van der Waals surface area contributed by atoms with Crippen LogP contribution in [0.3, 0.4) is 0 Å². The molecule has 0 atom stereocenters. The van der Waals surface area contributed by atoms with Crippen molar-refractivity contribution in [3.63, 3.8) is 0 Å². The number of halogens is 1. The van der Waals surface area contributed by atoms with E-state index in [0.29, 0.717) is 5.95 Å². The Balaban J connectivity index is 0.00000176. The van der Waals surface area contributed by atoms with E-state index in [1.165, 1.54) is 0 Å². The Labute approximate surface area is 150 Å².